The Morgan fingerprint density at radius 1 is 1.00 bits per heavy atom. The molecule has 44 heavy (non-hydrogen) atoms. The first kappa shape index (κ1) is 31.9. The molecule has 4 rings (SSSR count). The van der Waals surface area contributed by atoms with Crippen LogP contribution in [0.4, 0.5) is 48.0 Å². The quantitative estimate of drug-likeness (QED) is 0.321. The van der Waals surface area contributed by atoms with Crippen molar-refractivity contribution in [3.63, 3.8) is 0 Å². The first-order valence-electron chi connectivity index (χ1n) is 13.9. The minimum atomic E-state index is -1.10. The zero-order valence-electron chi connectivity index (χ0n) is 25.4. The van der Waals surface area contributed by atoms with Gasteiger partial charge in [0.1, 0.15) is 23.7 Å². The molecular weight excluding hydrogens is 574 g/mol. The molecule has 2 heterocycles. The number of methoxy groups -OCH3 is 2. The van der Waals surface area contributed by atoms with Crippen LogP contribution >= 0.6 is 0 Å². The van der Waals surface area contributed by atoms with Crippen LogP contribution in [0.3, 0.4) is 0 Å². The largest absolute Gasteiger partial charge is 0.493 e. The van der Waals surface area contributed by atoms with Gasteiger partial charge >= 0.3 is 6.03 Å². The molecule has 1 aromatic heterocycles. The van der Waals surface area contributed by atoms with Gasteiger partial charge in [-0.05, 0) is 30.8 Å². The molecule has 234 valence electrons. The number of nitrogens with zero attached hydrogens (tertiary/aromatic N) is 6. The highest BCUT2D eigenvalue weighted by atomic mass is 19.1. The number of carbonyl (C=O) groups excluding carboxylic acids is 2. The molecule has 1 aliphatic rings. The maximum Gasteiger partial charge on any atom is 0.327 e. The summed E-state index contributed by atoms with van der Waals surface area (Å²) in [5, 5.41) is 5.41. The van der Waals surface area contributed by atoms with Crippen LogP contribution in [0.25, 0.3) is 0 Å². The Balaban J connectivity index is 1.58. The van der Waals surface area contributed by atoms with Crippen molar-refractivity contribution < 1.29 is 27.8 Å². The Morgan fingerprint density at radius 3 is 2.25 bits per heavy atom. The number of nitrogens with one attached hydrogen (secondary N) is 2. The first-order valence-corrected chi connectivity index (χ1v) is 13.9. The third-order valence-electron chi connectivity index (χ3n) is 7.40. The van der Waals surface area contributed by atoms with Gasteiger partial charge in [-0.3, -0.25) is 9.69 Å². The predicted molar refractivity (Wildman–Crippen MR) is 167 cm³/mol. The van der Waals surface area contributed by atoms with Gasteiger partial charge in [0.2, 0.25) is 5.91 Å². The van der Waals surface area contributed by atoms with Crippen LogP contribution in [0.2, 0.25) is 0 Å². The Bertz CT molecular complexity index is 1500. The van der Waals surface area contributed by atoms with Gasteiger partial charge in [0.15, 0.2) is 23.1 Å². The van der Waals surface area contributed by atoms with E-state index in [9.17, 15) is 18.4 Å². The molecule has 0 unspecified atom stereocenters. The maximum absolute atomic E-state index is 14.8. The monoisotopic (exact) mass is 610 g/mol. The third-order valence-corrected chi connectivity index (χ3v) is 7.40. The SMILES string of the molecule is C=CC(=O)N(C)c1cc(N2CCN(CC)CC2)ccc1Nc1cc(N(C)C(=O)Nc2c(F)c(OC)cc(OC)c2F)ncn1. The lowest BCUT2D eigenvalue weighted by Gasteiger charge is -2.36. The van der Waals surface area contributed by atoms with Crippen LogP contribution in [0.15, 0.2) is 49.3 Å². The highest BCUT2D eigenvalue weighted by Gasteiger charge is 2.24. The summed E-state index contributed by atoms with van der Waals surface area (Å²) >= 11 is 0. The molecule has 3 aromatic rings. The molecule has 0 radical (unpaired) electrons. The number of amides is 3. The second kappa shape index (κ2) is 14.0. The van der Waals surface area contributed by atoms with Gasteiger partial charge < -0.3 is 34.8 Å². The van der Waals surface area contributed by atoms with E-state index in [0.29, 0.717) is 17.2 Å². The summed E-state index contributed by atoms with van der Waals surface area (Å²) in [6, 6.07) is 7.39. The fraction of sp³-hybridized carbons (Fsp3) is 0.333. The third kappa shape index (κ3) is 6.80. The van der Waals surface area contributed by atoms with Gasteiger partial charge in [-0.15, -0.1) is 0 Å². The van der Waals surface area contributed by atoms with E-state index < -0.39 is 23.4 Å². The molecule has 1 saturated heterocycles. The number of aromatic nitrogens is 2. The van der Waals surface area contributed by atoms with E-state index in [1.54, 1.807) is 7.05 Å². The fourth-order valence-corrected chi connectivity index (χ4v) is 4.70. The van der Waals surface area contributed by atoms with Crippen molar-refractivity contribution in [1.82, 2.24) is 14.9 Å². The van der Waals surface area contributed by atoms with Gasteiger partial charge in [0.25, 0.3) is 0 Å². The fourth-order valence-electron chi connectivity index (χ4n) is 4.70. The molecule has 12 nitrogen and oxygen atoms in total. The average molecular weight is 611 g/mol. The van der Waals surface area contributed by atoms with Crippen molar-refractivity contribution >= 4 is 46.3 Å². The van der Waals surface area contributed by atoms with Crippen LogP contribution in [-0.4, -0.2) is 87.8 Å². The number of ether oxygens (including phenoxy) is 2. The van der Waals surface area contributed by atoms with Crippen LogP contribution in [0.5, 0.6) is 11.5 Å². The summed E-state index contributed by atoms with van der Waals surface area (Å²) in [6.07, 6.45) is 2.47. The number of halogens is 2. The molecule has 0 aliphatic carbocycles. The molecule has 3 amide bonds. The Labute approximate surface area is 254 Å². The summed E-state index contributed by atoms with van der Waals surface area (Å²) in [7, 11) is 5.45. The lowest BCUT2D eigenvalue weighted by Crippen LogP contribution is -2.46. The number of urea groups is 1. The van der Waals surface area contributed by atoms with Crippen molar-refractivity contribution in [3.05, 3.63) is 60.9 Å². The van der Waals surface area contributed by atoms with Crippen LogP contribution in [0, 0.1) is 11.6 Å². The van der Waals surface area contributed by atoms with Crippen molar-refractivity contribution in [2.24, 2.45) is 0 Å². The van der Waals surface area contributed by atoms with Gasteiger partial charge in [-0.2, -0.15) is 0 Å². The molecule has 2 N–H and O–H groups in total. The number of piperazine rings is 1. The maximum atomic E-state index is 14.8. The Morgan fingerprint density at radius 2 is 1.66 bits per heavy atom. The number of rotatable bonds is 10. The van der Waals surface area contributed by atoms with Crippen molar-refractivity contribution in [3.8, 4) is 11.5 Å². The number of likely N-dealkylation sites (N-methyl/N-ethyl adjacent to an activating group) is 2. The van der Waals surface area contributed by atoms with Gasteiger partial charge in [-0.25, -0.2) is 23.5 Å². The number of hydrogen-bond acceptors (Lipinski definition) is 9. The standard InChI is InChI=1S/C30H36F2N8O4/c1-7-26(41)37(3)21-15-19(40-13-11-39(8-2)12-14-40)9-10-20(21)35-24-17-25(34-18-33-24)38(4)30(42)36-29-27(31)22(43-5)16-23(44-6)28(29)32/h7,9-10,15-18H,1,8,11-14H2,2-6H3,(H,36,42)(H,33,34,35). The van der Waals surface area contributed by atoms with Crippen molar-refractivity contribution in [2.45, 2.75) is 6.92 Å². The summed E-state index contributed by atoms with van der Waals surface area (Å²) < 4.78 is 39.5. The molecule has 1 fully saturated rings. The zero-order chi connectivity index (χ0) is 32.0. The molecule has 14 heteroatoms. The molecule has 1 aliphatic heterocycles. The van der Waals surface area contributed by atoms with Crippen LogP contribution in [0.1, 0.15) is 6.92 Å². The van der Waals surface area contributed by atoms with E-state index in [1.165, 1.54) is 44.6 Å². The zero-order valence-corrected chi connectivity index (χ0v) is 25.4. The van der Waals surface area contributed by atoms with E-state index in [0.717, 1.165) is 49.4 Å². The van der Waals surface area contributed by atoms with E-state index in [4.69, 9.17) is 9.47 Å². The van der Waals surface area contributed by atoms with E-state index >= 15 is 0 Å². The molecular formula is C30H36F2N8O4. The topological polar surface area (TPSA) is 115 Å². The van der Waals surface area contributed by atoms with Crippen LogP contribution in [-0.2, 0) is 4.79 Å². The first-order chi connectivity index (χ1) is 21.1. The average Bonchev–Trinajstić information content (AvgIpc) is 3.06. The number of carbonyl (C=O) groups is 2. The Hall–Kier alpha value is -4.98. The van der Waals surface area contributed by atoms with E-state index in [2.05, 4.69) is 43.9 Å². The highest BCUT2D eigenvalue weighted by molar-refractivity contribution is 6.04. The predicted octanol–water partition coefficient (Wildman–Crippen LogP) is 4.47. The summed E-state index contributed by atoms with van der Waals surface area (Å²) in [5.41, 5.74) is 1.40. The molecule has 0 atom stereocenters. The summed E-state index contributed by atoms with van der Waals surface area (Å²) in [5.74, 6) is -2.68. The number of hydrogen-bond donors (Lipinski definition) is 2. The molecule has 0 bridgehead atoms. The highest BCUT2D eigenvalue weighted by Crippen LogP contribution is 2.36. The second-order valence-electron chi connectivity index (χ2n) is 9.88. The van der Waals surface area contributed by atoms with E-state index in [-0.39, 0.29) is 23.2 Å². The second-order valence-corrected chi connectivity index (χ2v) is 9.88. The molecule has 0 spiro atoms. The minimum absolute atomic E-state index is 0.123. The van der Waals surface area contributed by atoms with E-state index in [1.807, 2.05) is 18.2 Å². The number of benzene rings is 2. The van der Waals surface area contributed by atoms with Crippen molar-refractivity contribution in [2.75, 3.05) is 86.4 Å². The molecule has 0 saturated carbocycles. The number of anilines is 6. The molecule has 2 aromatic carbocycles. The Kier molecular flexibility index (Phi) is 10.2. The lowest BCUT2D eigenvalue weighted by atomic mass is 10.1. The normalized spacial score (nSPS) is 13.2. The van der Waals surface area contributed by atoms with Crippen LogP contribution < -0.4 is 34.8 Å². The minimum Gasteiger partial charge on any atom is -0.493 e. The smallest absolute Gasteiger partial charge is 0.327 e. The van der Waals surface area contributed by atoms with Gasteiger partial charge in [-0.1, -0.05) is 13.5 Å². The van der Waals surface area contributed by atoms with Gasteiger partial charge in [0, 0.05) is 58.1 Å². The summed E-state index contributed by atoms with van der Waals surface area (Å²) in [4.78, 5) is 41.2. The van der Waals surface area contributed by atoms with Crippen molar-refractivity contribution in [1.29, 1.82) is 0 Å². The lowest BCUT2D eigenvalue weighted by molar-refractivity contribution is -0.113. The summed E-state index contributed by atoms with van der Waals surface area (Å²) in [6.45, 7) is 10.4. The van der Waals surface area contributed by atoms with Gasteiger partial charge in [0.05, 0.1) is 25.6 Å².